The van der Waals surface area contributed by atoms with Gasteiger partial charge < -0.3 is 19.7 Å². The highest BCUT2D eigenvalue weighted by molar-refractivity contribution is 7.99. The highest BCUT2D eigenvalue weighted by Gasteiger charge is 2.24. The quantitative estimate of drug-likeness (QED) is 0.736. The van der Waals surface area contributed by atoms with E-state index in [1.165, 1.54) is 11.8 Å². The van der Waals surface area contributed by atoms with Gasteiger partial charge in [-0.3, -0.25) is 4.79 Å². The number of aromatic nitrogens is 1. The van der Waals surface area contributed by atoms with Gasteiger partial charge >= 0.3 is 0 Å². The highest BCUT2D eigenvalue weighted by atomic mass is 32.2. The Hall–Kier alpha value is -2.41. The van der Waals surface area contributed by atoms with E-state index in [0.29, 0.717) is 23.8 Å². The van der Waals surface area contributed by atoms with Gasteiger partial charge in [-0.2, -0.15) is 0 Å². The van der Waals surface area contributed by atoms with Crippen LogP contribution in [0, 0.1) is 0 Å². The lowest BCUT2D eigenvalue weighted by atomic mass is 10.1. The van der Waals surface area contributed by atoms with Crippen LogP contribution in [0.2, 0.25) is 0 Å². The lowest BCUT2D eigenvalue weighted by Gasteiger charge is -2.33. The standard InChI is InChI=1S/C20H25N3O3S/c1-25-17-9-8-15(12-18(17)26-2)22-16-6-5-11-23(13-16)20(24)14-27-19-7-3-4-10-21-19/h3-4,7-10,12,16,22H,5-6,11,13-14H2,1-2H3/t16-/m1/s1. The van der Waals surface area contributed by atoms with Crippen molar-refractivity contribution in [2.24, 2.45) is 0 Å². The molecule has 0 unspecified atom stereocenters. The van der Waals surface area contributed by atoms with Crippen molar-refractivity contribution in [2.45, 2.75) is 23.9 Å². The number of hydrogen-bond acceptors (Lipinski definition) is 6. The average Bonchev–Trinajstić information content (AvgIpc) is 2.73. The van der Waals surface area contributed by atoms with Crippen LogP contribution in [0.15, 0.2) is 47.6 Å². The van der Waals surface area contributed by atoms with Crippen molar-refractivity contribution in [3.63, 3.8) is 0 Å². The minimum atomic E-state index is 0.157. The van der Waals surface area contributed by atoms with E-state index in [9.17, 15) is 4.79 Å². The monoisotopic (exact) mass is 387 g/mol. The molecule has 1 atom stereocenters. The second-order valence-electron chi connectivity index (χ2n) is 6.35. The van der Waals surface area contributed by atoms with Crippen LogP contribution in [-0.2, 0) is 4.79 Å². The number of likely N-dealkylation sites (tertiary alicyclic amines) is 1. The zero-order valence-corrected chi connectivity index (χ0v) is 16.5. The second kappa shape index (κ2) is 9.50. The third-order valence-electron chi connectivity index (χ3n) is 4.51. The number of thioether (sulfide) groups is 1. The summed E-state index contributed by atoms with van der Waals surface area (Å²) in [4.78, 5) is 18.8. The number of nitrogens with zero attached hydrogens (tertiary/aromatic N) is 2. The summed E-state index contributed by atoms with van der Waals surface area (Å²) in [6.45, 7) is 1.52. The predicted octanol–water partition coefficient (Wildman–Crippen LogP) is 3.29. The second-order valence-corrected chi connectivity index (χ2v) is 7.35. The van der Waals surface area contributed by atoms with Gasteiger partial charge in [-0.15, -0.1) is 0 Å². The number of pyridine rings is 1. The molecule has 1 aromatic carbocycles. The maximum atomic E-state index is 12.6. The summed E-state index contributed by atoms with van der Waals surface area (Å²) in [5, 5.41) is 4.39. The first-order valence-corrected chi connectivity index (χ1v) is 9.98. The lowest BCUT2D eigenvalue weighted by Crippen LogP contribution is -2.45. The summed E-state index contributed by atoms with van der Waals surface area (Å²) in [5.74, 6) is 1.97. The zero-order valence-electron chi connectivity index (χ0n) is 15.7. The Labute approximate surface area is 164 Å². The number of ether oxygens (including phenoxy) is 2. The minimum Gasteiger partial charge on any atom is -0.493 e. The maximum Gasteiger partial charge on any atom is 0.233 e. The number of benzene rings is 1. The fourth-order valence-corrected chi connectivity index (χ4v) is 3.91. The summed E-state index contributed by atoms with van der Waals surface area (Å²) >= 11 is 1.48. The number of anilines is 1. The number of carbonyl (C=O) groups excluding carboxylic acids is 1. The molecular formula is C20H25N3O3S. The Morgan fingerprint density at radius 1 is 1.26 bits per heavy atom. The summed E-state index contributed by atoms with van der Waals surface area (Å²) in [6, 6.07) is 11.7. The molecule has 0 aliphatic carbocycles. The molecule has 6 nitrogen and oxygen atoms in total. The van der Waals surface area contributed by atoms with E-state index in [0.717, 1.165) is 30.1 Å². The Bertz CT molecular complexity index is 757. The Morgan fingerprint density at radius 2 is 2.11 bits per heavy atom. The summed E-state index contributed by atoms with van der Waals surface area (Å²) in [5.41, 5.74) is 0.967. The number of carbonyl (C=O) groups is 1. The van der Waals surface area contributed by atoms with E-state index in [-0.39, 0.29) is 11.9 Å². The van der Waals surface area contributed by atoms with E-state index in [1.807, 2.05) is 41.3 Å². The van der Waals surface area contributed by atoms with Gasteiger partial charge in [0.2, 0.25) is 5.91 Å². The molecule has 1 N–H and O–H groups in total. The van der Waals surface area contributed by atoms with E-state index in [1.54, 1.807) is 20.4 Å². The predicted molar refractivity (Wildman–Crippen MR) is 108 cm³/mol. The van der Waals surface area contributed by atoms with Crippen LogP contribution in [0.5, 0.6) is 11.5 Å². The van der Waals surface area contributed by atoms with Gasteiger partial charge in [-0.25, -0.2) is 4.98 Å². The molecule has 2 heterocycles. The van der Waals surface area contributed by atoms with Gasteiger partial charge in [-0.05, 0) is 37.1 Å². The number of nitrogens with one attached hydrogen (secondary N) is 1. The van der Waals surface area contributed by atoms with E-state index in [2.05, 4.69) is 10.3 Å². The molecule has 1 amide bonds. The number of methoxy groups -OCH3 is 2. The van der Waals surface area contributed by atoms with Crippen LogP contribution in [-0.4, -0.2) is 54.9 Å². The Morgan fingerprint density at radius 3 is 2.85 bits per heavy atom. The first-order chi connectivity index (χ1) is 13.2. The maximum absolute atomic E-state index is 12.6. The van der Waals surface area contributed by atoms with Gasteiger partial charge in [0.15, 0.2) is 11.5 Å². The van der Waals surface area contributed by atoms with Crippen molar-refractivity contribution in [1.82, 2.24) is 9.88 Å². The molecule has 1 aliphatic heterocycles. The SMILES string of the molecule is COc1ccc(N[C@@H]2CCCN(C(=O)CSc3ccccn3)C2)cc1OC. The first kappa shape index (κ1) is 19.4. The lowest BCUT2D eigenvalue weighted by molar-refractivity contribution is -0.129. The third-order valence-corrected chi connectivity index (χ3v) is 5.44. The van der Waals surface area contributed by atoms with Gasteiger partial charge in [0.1, 0.15) is 0 Å². The van der Waals surface area contributed by atoms with Crippen molar-refractivity contribution >= 4 is 23.4 Å². The fraction of sp³-hybridized carbons (Fsp3) is 0.400. The van der Waals surface area contributed by atoms with Crippen molar-refractivity contribution in [3.8, 4) is 11.5 Å². The van der Waals surface area contributed by atoms with Crippen LogP contribution in [0.3, 0.4) is 0 Å². The van der Waals surface area contributed by atoms with Crippen molar-refractivity contribution in [1.29, 1.82) is 0 Å². The number of hydrogen-bond donors (Lipinski definition) is 1. The molecule has 27 heavy (non-hydrogen) atoms. The van der Waals surface area contributed by atoms with E-state index in [4.69, 9.17) is 9.47 Å². The molecule has 0 saturated carbocycles. The molecule has 1 fully saturated rings. The molecule has 7 heteroatoms. The molecule has 0 radical (unpaired) electrons. The van der Waals surface area contributed by atoms with Crippen LogP contribution in [0.25, 0.3) is 0 Å². The molecule has 1 aliphatic rings. The Balaban J connectivity index is 1.55. The van der Waals surface area contributed by atoms with Crippen molar-refractivity contribution < 1.29 is 14.3 Å². The zero-order chi connectivity index (χ0) is 19.1. The number of rotatable bonds is 7. The van der Waals surface area contributed by atoms with Crippen LogP contribution < -0.4 is 14.8 Å². The molecule has 1 saturated heterocycles. The van der Waals surface area contributed by atoms with Gasteiger partial charge in [0.25, 0.3) is 0 Å². The van der Waals surface area contributed by atoms with Crippen molar-refractivity contribution in [2.75, 3.05) is 38.4 Å². The molecule has 144 valence electrons. The summed E-state index contributed by atoms with van der Waals surface area (Å²) < 4.78 is 10.6. The summed E-state index contributed by atoms with van der Waals surface area (Å²) in [7, 11) is 3.25. The van der Waals surface area contributed by atoms with Crippen LogP contribution >= 0.6 is 11.8 Å². The molecule has 3 rings (SSSR count). The molecule has 0 bridgehead atoms. The first-order valence-electron chi connectivity index (χ1n) is 8.99. The highest BCUT2D eigenvalue weighted by Crippen LogP contribution is 2.30. The topological polar surface area (TPSA) is 63.7 Å². The van der Waals surface area contributed by atoms with Crippen LogP contribution in [0.1, 0.15) is 12.8 Å². The van der Waals surface area contributed by atoms with E-state index >= 15 is 0 Å². The van der Waals surface area contributed by atoms with E-state index < -0.39 is 0 Å². The molecule has 1 aromatic heterocycles. The summed E-state index contributed by atoms with van der Waals surface area (Å²) in [6.07, 6.45) is 3.77. The number of amides is 1. The largest absolute Gasteiger partial charge is 0.493 e. The van der Waals surface area contributed by atoms with Gasteiger partial charge in [-0.1, -0.05) is 17.8 Å². The minimum absolute atomic E-state index is 0.157. The molecular weight excluding hydrogens is 362 g/mol. The molecule has 0 spiro atoms. The smallest absolute Gasteiger partial charge is 0.233 e. The fourth-order valence-electron chi connectivity index (χ4n) is 3.14. The van der Waals surface area contributed by atoms with Gasteiger partial charge in [0.05, 0.1) is 25.0 Å². The third kappa shape index (κ3) is 5.29. The average molecular weight is 388 g/mol. The van der Waals surface area contributed by atoms with Crippen LogP contribution in [0.4, 0.5) is 5.69 Å². The van der Waals surface area contributed by atoms with Crippen molar-refractivity contribution in [3.05, 3.63) is 42.6 Å². The Kier molecular flexibility index (Phi) is 6.81. The van der Waals surface area contributed by atoms with Gasteiger partial charge in [0, 0.05) is 37.1 Å². The number of piperidine rings is 1. The normalized spacial score (nSPS) is 16.7. The molecule has 2 aromatic rings.